The van der Waals surface area contributed by atoms with Gasteiger partial charge in [0.05, 0.1) is 6.54 Å². The van der Waals surface area contributed by atoms with E-state index in [0.29, 0.717) is 17.8 Å². The first-order valence-electron chi connectivity index (χ1n) is 8.67. The predicted octanol–water partition coefficient (Wildman–Crippen LogP) is 2.47. The lowest BCUT2D eigenvalue weighted by Crippen LogP contribution is -2.24. The van der Waals surface area contributed by atoms with Crippen LogP contribution < -0.4 is 20.9 Å². The Labute approximate surface area is 158 Å². The van der Waals surface area contributed by atoms with Crippen LogP contribution in [0.25, 0.3) is 0 Å². The van der Waals surface area contributed by atoms with E-state index in [9.17, 15) is 14.4 Å². The molecule has 0 aliphatic carbocycles. The summed E-state index contributed by atoms with van der Waals surface area (Å²) in [5, 5.41) is 8.50. The third-order valence-corrected chi connectivity index (χ3v) is 3.93. The van der Waals surface area contributed by atoms with Crippen LogP contribution in [0, 0.1) is 0 Å². The molecule has 0 unspecified atom stereocenters. The van der Waals surface area contributed by atoms with Crippen LogP contribution in [0.15, 0.2) is 48.5 Å². The number of nitrogens with one attached hydrogen (secondary N) is 3. The number of rotatable bonds is 7. The Morgan fingerprint density at radius 2 is 1.70 bits per heavy atom. The fourth-order valence-corrected chi connectivity index (χ4v) is 2.37. The van der Waals surface area contributed by atoms with Crippen LogP contribution in [0.5, 0.6) is 0 Å². The lowest BCUT2D eigenvalue weighted by molar-refractivity contribution is -0.116. The van der Waals surface area contributed by atoms with Gasteiger partial charge in [-0.1, -0.05) is 6.07 Å². The molecule has 142 valence electrons. The van der Waals surface area contributed by atoms with Crippen molar-refractivity contribution < 1.29 is 14.4 Å². The van der Waals surface area contributed by atoms with Crippen molar-refractivity contribution in [2.45, 2.75) is 13.8 Å². The van der Waals surface area contributed by atoms with Gasteiger partial charge in [-0.3, -0.25) is 14.4 Å². The van der Waals surface area contributed by atoms with Gasteiger partial charge in [0.1, 0.15) is 0 Å². The van der Waals surface area contributed by atoms with Crippen molar-refractivity contribution >= 4 is 34.8 Å². The first kappa shape index (κ1) is 20.0. The van der Waals surface area contributed by atoms with Gasteiger partial charge in [-0.05, 0) is 49.4 Å². The first-order valence-corrected chi connectivity index (χ1v) is 8.67. The molecular formula is C20H24N4O3. The number of nitrogens with zero attached hydrogens (tertiary/aromatic N) is 1. The smallest absolute Gasteiger partial charge is 0.251 e. The second kappa shape index (κ2) is 9.38. The first-order chi connectivity index (χ1) is 12.9. The molecule has 27 heavy (non-hydrogen) atoms. The van der Waals surface area contributed by atoms with E-state index in [1.165, 1.54) is 11.8 Å². The lowest BCUT2D eigenvalue weighted by Gasteiger charge is -2.15. The molecule has 0 aliphatic rings. The molecule has 0 saturated heterocycles. The number of amides is 3. The Morgan fingerprint density at radius 3 is 2.33 bits per heavy atom. The summed E-state index contributed by atoms with van der Waals surface area (Å²) >= 11 is 0. The fraction of sp³-hybridized carbons (Fsp3) is 0.250. The van der Waals surface area contributed by atoms with Gasteiger partial charge in [0.2, 0.25) is 11.8 Å². The summed E-state index contributed by atoms with van der Waals surface area (Å²) in [5.74, 6) is -0.458. The Morgan fingerprint density at radius 1 is 1.00 bits per heavy atom. The molecule has 0 heterocycles. The summed E-state index contributed by atoms with van der Waals surface area (Å²) in [7, 11) is 1.70. The van der Waals surface area contributed by atoms with Gasteiger partial charge >= 0.3 is 0 Å². The maximum Gasteiger partial charge on any atom is 0.251 e. The van der Waals surface area contributed by atoms with E-state index in [-0.39, 0.29) is 24.3 Å². The molecule has 7 heteroatoms. The molecule has 3 N–H and O–H groups in total. The van der Waals surface area contributed by atoms with Crippen molar-refractivity contribution in [1.82, 2.24) is 5.32 Å². The van der Waals surface area contributed by atoms with E-state index in [2.05, 4.69) is 16.0 Å². The Hall–Kier alpha value is -3.35. The van der Waals surface area contributed by atoms with Crippen LogP contribution in [-0.2, 0) is 9.59 Å². The van der Waals surface area contributed by atoms with Crippen LogP contribution in [-0.4, -0.2) is 37.9 Å². The van der Waals surface area contributed by atoms with Gasteiger partial charge in [-0.15, -0.1) is 0 Å². The van der Waals surface area contributed by atoms with Crippen molar-refractivity contribution in [3.8, 4) is 0 Å². The zero-order valence-electron chi connectivity index (χ0n) is 15.7. The van der Waals surface area contributed by atoms with Crippen molar-refractivity contribution in [1.29, 1.82) is 0 Å². The highest BCUT2D eigenvalue weighted by atomic mass is 16.2. The van der Waals surface area contributed by atoms with Crippen molar-refractivity contribution in [3.63, 3.8) is 0 Å². The van der Waals surface area contributed by atoms with Crippen LogP contribution in [0.1, 0.15) is 24.2 Å². The monoisotopic (exact) mass is 368 g/mol. The third-order valence-electron chi connectivity index (χ3n) is 3.93. The largest absolute Gasteiger partial charge is 0.376 e. The van der Waals surface area contributed by atoms with Gasteiger partial charge in [0, 0.05) is 43.1 Å². The number of hydrogen-bond acceptors (Lipinski definition) is 4. The van der Waals surface area contributed by atoms with Gasteiger partial charge in [0.15, 0.2) is 0 Å². The Bertz CT molecular complexity index is 818. The molecule has 0 atom stereocenters. The standard InChI is InChI=1S/C20H24N4O3/c1-4-21-20(27)15-6-5-7-17(12-15)23-19(26)13-22-16-8-10-18(11-9-16)24(3)14(2)25/h5-12,22H,4,13H2,1-3H3,(H,21,27)(H,23,26). The summed E-state index contributed by atoms with van der Waals surface area (Å²) in [6, 6.07) is 14.0. The van der Waals surface area contributed by atoms with Crippen LogP contribution in [0.3, 0.4) is 0 Å². The lowest BCUT2D eigenvalue weighted by atomic mass is 10.2. The highest BCUT2D eigenvalue weighted by Crippen LogP contribution is 2.17. The third kappa shape index (κ3) is 5.85. The summed E-state index contributed by atoms with van der Waals surface area (Å²) in [5.41, 5.74) is 2.60. The van der Waals surface area contributed by atoms with Crippen molar-refractivity contribution in [3.05, 3.63) is 54.1 Å². The molecule has 0 aromatic heterocycles. The normalized spacial score (nSPS) is 10.0. The maximum atomic E-state index is 12.1. The van der Waals surface area contributed by atoms with E-state index in [1.54, 1.807) is 55.6 Å². The molecule has 0 saturated carbocycles. The van der Waals surface area contributed by atoms with Gasteiger partial charge < -0.3 is 20.9 Å². The summed E-state index contributed by atoms with van der Waals surface area (Å²) in [4.78, 5) is 36.9. The highest BCUT2D eigenvalue weighted by molar-refractivity contribution is 5.98. The maximum absolute atomic E-state index is 12.1. The second-order valence-corrected chi connectivity index (χ2v) is 5.97. The van der Waals surface area contributed by atoms with E-state index in [1.807, 2.05) is 6.92 Å². The van der Waals surface area contributed by atoms with Gasteiger partial charge in [0.25, 0.3) is 5.91 Å². The number of anilines is 3. The van der Waals surface area contributed by atoms with Crippen molar-refractivity contribution in [2.75, 3.05) is 35.7 Å². The van der Waals surface area contributed by atoms with E-state index in [4.69, 9.17) is 0 Å². The minimum absolute atomic E-state index is 0.0510. The minimum atomic E-state index is -0.229. The molecule has 7 nitrogen and oxygen atoms in total. The molecule has 2 aromatic rings. The minimum Gasteiger partial charge on any atom is -0.376 e. The topological polar surface area (TPSA) is 90.5 Å². The fourth-order valence-electron chi connectivity index (χ4n) is 2.37. The molecular weight excluding hydrogens is 344 g/mol. The molecule has 2 rings (SSSR count). The molecule has 0 spiro atoms. The zero-order chi connectivity index (χ0) is 19.8. The molecule has 3 amide bonds. The number of benzene rings is 2. The average molecular weight is 368 g/mol. The van der Waals surface area contributed by atoms with Gasteiger partial charge in [-0.25, -0.2) is 0 Å². The molecule has 0 fully saturated rings. The average Bonchev–Trinajstić information content (AvgIpc) is 2.66. The van der Waals surface area contributed by atoms with E-state index < -0.39 is 0 Å². The predicted molar refractivity (Wildman–Crippen MR) is 107 cm³/mol. The Kier molecular flexibility index (Phi) is 6.93. The van der Waals surface area contributed by atoms with Crippen LogP contribution >= 0.6 is 0 Å². The molecule has 0 aliphatic heterocycles. The number of carbonyl (C=O) groups excluding carboxylic acids is 3. The molecule has 0 bridgehead atoms. The van der Waals surface area contributed by atoms with Crippen molar-refractivity contribution in [2.24, 2.45) is 0 Å². The summed E-state index contributed by atoms with van der Waals surface area (Å²) < 4.78 is 0. The molecule has 0 radical (unpaired) electrons. The highest BCUT2D eigenvalue weighted by Gasteiger charge is 2.08. The van der Waals surface area contributed by atoms with E-state index in [0.717, 1.165) is 11.4 Å². The van der Waals surface area contributed by atoms with Gasteiger partial charge in [-0.2, -0.15) is 0 Å². The molecule has 2 aromatic carbocycles. The SMILES string of the molecule is CCNC(=O)c1cccc(NC(=O)CNc2ccc(N(C)C(C)=O)cc2)c1. The Balaban J connectivity index is 1.90. The second-order valence-electron chi connectivity index (χ2n) is 5.97. The van der Waals surface area contributed by atoms with Crippen LogP contribution in [0.4, 0.5) is 17.1 Å². The summed E-state index contributed by atoms with van der Waals surface area (Å²) in [6.07, 6.45) is 0. The van der Waals surface area contributed by atoms with E-state index >= 15 is 0 Å². The number of carbonyl (C=O) groups is 3. The quantitative estimate of drug-likeness (QED) is 0.700. The zero-order valence-corrected chi connectivity index (χ0v) is 15.7. The number of hydrogen-bond donors (Lipinski definition) is 3. The summed E-state index contributed by atoms with van der Waals surface area (Å²) in [6.45, 7) is 3.96. The van der Waals surface area contributed by atoms with Crippen LogP contribution in [0.2, 0.25) is 0 Å².